The minimum absolute atomic E-state index is 0.120. The molecule has 8 nitrogen and oxygen atoms in total. The number of nitrogens with zero attached hydrogens (tertiary/aromatic N) is 1. The first-order chi connectivity index (χ1) is 13.9. The van der Waals surface area contributed by atoms with Crippen molar-refractivity contribution in [2.45, 2.75) is 6.42 Å². The number of carboxylic acid groups (broad SMARTS) is 1. The maximum atomic E-state index is 13.1. The molecule has 1 unspecified atom stereocenters. The minimum Gasteiger partial charge on any atom is -0.493 e. The van der Waals surface area contributed by atoms with Crippen LogP contribution in [0.25, 0.3) is 0 Å². The molecule has 2 aromatic carbocycles. The highest BCUT2D eigenvalue weighted by Gasteiger charge is 2.33. The third kappa shape index (κ3) is 4.31. The molecule has 2 amide bonds. The van der Waals surface area contributed by atoms with Gasteiger partial charge in [0.2, 0.25) is 0 Å². The molecule has 0 saturated carbocycles. The lowest BCUT2D eigenvalue weighted by Gasteiger charge is -2.20. The molecule has 0 spiro atoms. The number of aliphatic carboxylic acids is 1. The van der Waals surface area contributed by atoms with E-state index in [9.17, 15) is 19.5 Å². The van der Waals surface area contributed by atoms with E-state index in [1.165, 1.54) is 31.3 Å². The van der Waals surface area contributed by atoms with Crippen molar-refractivity contribution >= 4 is 23.5 Å². The topological polar surface area (TPSA) is 105 Å². The van der Waals surface area contributed by atoms with Gasteiger partial charge < -0.3 is 24.8 Å². The molecule has 1 fully saturated rings. The normalized spacial score (nSPS) is 15.7. The van der Waals surface area contributed by atoms with Crippen LogP contribution in [0.3, 0.4) is 0 Å². The summed E-state index contributed by atoms with van der Waals surface area (Å²) in [5.74, 6) is -1.58. The predicted molar refractivity (Wildman–Crippen MR) is 106 cm³/mol. The Labute approximate surface area is 168 Å². The first kappa shape index (κ1) is 20.2. The number of rotatable bonds is 6. The van der Waals surface area contributed by atoms with Crippen LogP contribution in [-0.2, 0) is 4.79 Å². The Balaban J connectivity index is 1.95. The van der Waals surface area contributed by atoms with Crippen molar-refractivity contribution in [1.29, 1.82) is 0 Å². The summed E-state index contributed by atoms with van der Waals surface area (Å²) in [6.07, 6.45) is 0.389. The van der Waals surface area contributed by atoms with Crippen LogP contribution in [0.5, 0.6) is 11.5 Å². The molecule has 1 saturated heterocycles. The molecule has 1 aliphatic heterocycles. The van der Waals surface area contributed by atoms with Crippen molar-refractivity contribution in [1.82, 2.24) is 4.90 Å². The van der Waals surface area contributed by atoms with Gasteiger partial charge in [-0.25, -0.2) is 0 Å². The third-order valence-corrected chi connectivity index (χ3v) is 4.86. The summed E-state index contributed by atoms with van der Waals surface area (Å²) < 4.78 is 10.6. The summed E-state index contributed by atoms with van der Waals surface area (Å²) in [7, 11) is 2.91. The predicted octanol–water partition coefficient (Wildman–Crippen LogP) is 2.50. The van der Waals surface area contributed by atoms with Crippen LogP contribution in [0.1, 0.15) is 27.1 Å². The summed E-state index contributed by atoms with van der Waals surface area (Å²) >= 11 is 0. The number of anilines is 1. The van der Waals surface area contributed by atoms with Crippen LogP contribution >= 0.6 is 0 Å². The number of carbonyl (C=O) groups excluding carboxylic acids is 2. The molecule has 2 N–H and O–H groups in total. The number of hydrogen-bond acceptors (Lipinski definition) is 5. The second kappa shape index (κ2) is 8.64. The fourth-order valence-corrected chi connectivity index (χ4v) is 3.26. The van der Waals surface area contributed by atoms with Gasteiger partial charge in [-0.3, -0.25) is 14.4 Å². The zero-order chi connectivity index (χ0) is 21.0. The van der Waals surface area contributed by atoms with Gasteiger partial charge in [0.25, 0.3) is 11.8 Å². The molecule has 8 heteroatoms. The molecule has 1 heterocycles. The van der Waals surface area contributed by atoms with E-state index in [4.69, 9.17) is 9.47 Å². The molecule has 1 aliphatic rings. The Hall–Kier alpha value is -3.55. The first-order valence-electron chi connectivity index (χ1n) is 9.09. The molecular weight excluding hydrogens is 376 g/mol. The molecular formula is C21H22N2O6. The number of nitrogens with one attached hydrogen (secondary N) is 1. The molecule has 0 bridgehead atoms. The number of ether oxygens (including phenoxy) is 2. The van der Waals surface area contributed by atoms with Gasteiger partial charge >= 0.3 is 5.97 Å². The van der Waals surface area contributed by atoms with E-state index < -0.39 is 11.9 Å². The van der Waals surface area contributed by atoms with Gasteiger partial charge in [-0.15, -0.1) is 0 Å². The fraction of sp³-hybridized carbons (Fsp3) is 0.286. The standard InChI is InChI=1S/C21H22N2O6/c1-28-17-10-15(20(25)23-9-8-14(12-23)21(26)27)16(11-18(17)29-2)22-19(24)13-6-4-3-5-7-13/h3-7,10-11,14H,8-9,12H2,1-2H3,(H,22,24)(H,26,27). The number of carbonyl (C=O) groups is 3. The number of methoxy groups -OCH3 is 2. The van der Waals surface area contributed by atoms with E-state index in [0.29, 0.717) is 30.0 Å². The van der Waals surface area contributed by atoms with Gasteiger partial charge in [0.15, 0.2) is 11.5 Å². The molecule has 0 aromatic heterocycles. The van der Waals surface area contributed by atoms with Gasteiger partial charge in [0.05, 0.1) is 31.4 Å². The zero-order valence-corrected chi connectivity index (χ0v) is 16.2. The number of likely N-dealkylation sites (tertiary alicyclic amines) is 1. The summed E-state index contributed by atoms with van der Waals surface area (Å²) in [6, 6.07) is 11.6. The molecule has 1 atom stereocenters. The highest BCUT2D eigenvalue weighted by atomic mass is 16.5. The van der Waals surface area contributed by atoms with Crippen molar-refractivity contribution in [3.05, 3.63) is 53.6 Å². The Bertz CT molecular complexity index is 928. The second-order valence-corrected chi connectivity index (χ2v) is 6.65. The van der Waals surface area contributed by atoms with Gasteiger partial charge in [-0.1, -0.05) is 18.2 Å². The third-order valence-electron chi connectivity index (χ3n) is 4.86. The van der Waals surface area contributed by atoms with Gasteiger partial charge in [-0.05, 0) is 24.6 Å². The summed E-state index contributed by atoms with van der Waals surface area (Å²) in [6.45, 7) is 0.449. The number of benzene rings is 2. The van der Waals surface area contributed by atoms with Crippen LogP contribution < -0.4 is 14.8 Å². The van der Waals surface area contributed by atoms with Crippen molar-refractivity contribution in [3.63, 3.8) is 0 Å². The number of carboxylic acids is 1. The Morgan fingerprint density at radius 1 is 1.07 bits per heavy atom. The van der Waals surface area contributed by atoms with E-state index in [1.807, 2.05) is 0 Å². The van der Waals surface area contributed by atoms with E-state index in [-0.39, 0.29) is 29.6 Å². The van der Waals surface area contributed by atoms with Crippen LogP contribution in [0.2, 0.25) is 0 Å². The van der Waals surface area contributed by atoms with Gasteiger partial charge in [0.1, 0.15) is 0 Å². The Morgan fingerprint density at radius 2 is 1.72 bits per heavy atom. The number of amides is 2. The molecule has 152 valence electrons. The average molecular weight is 398 g/mol. The molecule has 2 aromatic rings. The maximum absolute atomic E-state index is 13.1. The quantitative estimate of drug-likeness (QED) is 0.775. The van der Waals surface area contributed by atoms with Crippen molar-refractivity contribution in [2.75, 3.05) is 32.6 Å². The number of hydrogen-bond donors (Lipinski definition) is 2. The lowest BCUT2D eigenvalue weighted by atomic mass is 10.1. The van der Waals surface area contributed by atoms with Gasteiger partial charge in [-0.2, -0.15) is 0 Å². The summed E-state index contributed by atoms with van der Waals surface area (Å²) in [4.78, 5) is 38.4. The van der Waals surface area contributed by atoms with Crippen LogP contribution in [0, 0.1) is 5.92 Å². The lowest BCUT2D eigenvalue weighted by molar-refractivity contribution is -0.141. The van der Waals surface area contributed by atoms with E-state index in [1.54, 1.807) is 30.3 Å². The largest absolute Gasteiger partial charge is 0.493 e. The van der Waals surface area contributed by atoms with Crippen LogP contribution in [-0.4, -0.2) is 55.1 Å². The summed E-state index contributed by atoms with van der Waals surface area (Å²) in [5, 5.41) is 12.0. The van der Waals surface area contributed by atoms with E-state index in [0.717, 1.165) is 0 Å². The van der Waals surface area contributed by atoms with Crippen LogP contribution in [0.15, 0.2) is 42.5 Å². The van der Waals surface area contributed by atoms with Crippen molar-refractivity contribution in [2.24, 2.45) is 5.92 Å². The molecule has 0 radical (unpaired) electrons. The minimum atomic E-state index is -0.926. The maximum Gasteiger partial charge on any atom is 0.308 e. The zero-order valence-electron chi connectivity index (χ0n) is 16.2. The second-order valence-electron chi connectivity index (χ2n) is 6.65. The SMILES string of the molecule is COc1cc(NC(=O)c2ccccc2)c(C(=O)N2CCC(C(=O)O)C2)cc1OC. The highest BCUT2D eigenvalue weighted by Crippen LogP contribution is 2.35. The van der Waals surface area contributed by atoms with E-state index in [2.05, 4.69) is 5.32 Å². The monoisotopic (exact) mass is 398 g/mol. The Morgan fingerprint density at radius 3 is 2.31 bits per heavy atom. The average Bonchev–Trinajstić information content (AvgIpc) is 3.24. The van der Waals surface area contributed by atoms with Crippen molar-refractivity contribution < 1.29 is 29.0 Å². The Kier molecular flexibility index (Phi) is 6.01. The van der Waals surface area contributed by atoms with E-state index >= 15 is 0 Å². The first-order valence-corrected chi connectivity index (χ1v) is 9.09. The smallest absolute Gasteiger partial charge is 0.308 e. The molecule has 29 heavy (non-hydrogen) atoms. The van der Waals surface area contributed by atoms with Crippen molar-refractivity contribution in [3.8, 4) is 11.5 Å². The summed E-state index contributed by atoms with van der Waals surface area (Å²) in [5.41, 5.74) is 0.908. The highest BCUT2D eigenvalue weighted by molar-refractivity contribution is 6.09. The molecule has 0 aliphatic carbocycles. The van der Waals surface area contributed by atoms with Gasteiger partial charge in [0, 0.05) is 24.7 Å². The fourth-order valence-electron chi connectivity index (χ4n) is 3.26. The molecule has 3 rings (SSSR count). The van der Waals surface area contributed by atoms with Crippen LogP contribution in [0.4, 0.5) is 5.69 Å². The lowest BCUT2D eigenvalue weighted by Crippen LogP contribution is -2.31.